The Kier molecular flexibility index (Phi) is 5.99. The number of anilines is 2. The largest absolute Gasteiger partial charge is 0.465 e. The Labute approximate surface area is 198 Å². The van der Waals surface area contributed by atoms with Crippen LogP contribution >= 0.6 is 31.9 Å². The summed E-state index contributed by atoms with van der Waals surface area (Å²) in [5, 5.41) is 3.20. The summed E-state index contributed by atoms with van der Waals surface area (Å²) in [5.41, 5.74) is 5.68. The monoisotopic (exact) mass is 544 g/mol. The van der Waals surface area contributed by atoms with Crippen molar-refractivity contribution in [3.05, 3.63) is 79.7 Å². The zero-order valence-electron chi connectivity index (χ0n) is 17.6. The van der Waals surface area contributed by atoms with Crippen molar-refractivity contribution >= 4 is 49.2 Å². The van der Waals surface area contributed by atoms with Gasteiger partial charge in [-0.05, 0) is 61.7 Å². The lowest BCUT2D eigenvalue weighted by atomic mass is 9.82. The topological polar surface area (TPSA) is 50.8 Å². The predicted molar refractivity (Wildman–Crippen MR) is 131 cm³/mol. The number of benzene rings is 3. The molecule has 7 heteroatoms. The second-order valence-corrected chi connectivity index (χ2v) is 9.21. The molecule has 3 aromatic carbocycles. The molecule has 5 nitrogen and oxygen atoms in total. The standard InChI is InChI=1S/C24H22Br2N2O3/c1-27-19-11-21-15(9-17(19)25)23(13-5-7-14(8-6-13)24(29)30-4)16-10-18(26)20(28(2)3)12-22(16)31-21/h5-12,23,27H,1-4H3. The Balaban J connectivity index is 1.92. The summed E-state index contributed by atoms with van der Waals surface area (Å²) < 4.78 is 13.2. The molecule has 0 spiro atoms. The molecule has 0 bridgehead atoms. The summed E-state index contributed by atoms with van der Waals surface area (Å²) in [7, 11) is 7.27. The van der Waals surface area contributed by atoms with E-state index in [-0.39, 0.29) is 11.9 Å². The lowest BCUT2D eigenvalue weighted by molar-refractivity contribution is 0.0600. The SMILES string of the molecule is CNc1cc2c(cc1Br)C(c1ccc(C(=O)OC)cc1)c1cc(Br)c(N(C)C)cc1O2. The highest BCUT2D eigenvalue weighted by molar-refractivity contribution is 9.11. The third kappa shape index (κ3) is 3.92. The van der Waals surface area contributed by atoms with E-state index in [4.69, 9.17) is 9.47 Å². The van der Waals surface area contributed by atoms with Gasteiger partial charge in [-0.1, -0.05) is 12.1 Å². The van der Waals surface area contributed by atoms with Gasteiger partial charge in [0.2, 0.25) is 0 Å². The molecule has 1 heterocycles. The van der Waals surface area contributed by atoms with Crippen LogP contribution in [0.2, 0.25) is 0 Å². The van der Waals surface area contributed by atoms with E-state index in [2.05, 4.69) is 55.4 Å². The zero-order valence-corrected chi connectivity index (χ0v) is 20.8. The first kappa shape index (κ1) is 21.7. The molecule has 4 rings (SSSR count). The Bertz CT molecular complexity index is 1160. The highest BCUT2D eigenvalue weighted by Gasteiger charge is 2.31. The number of carbonyl (C=O) groups excluding carboxylic acids is 1. The summed E-state index contributed by atoms with van der Waals surface area (Å²) in [6, 6.07) is 15.8. The summed E-state index contributed by atoms with van der Waals surface area (Å²) in [4.78, 5) is 13.9. The second-order valence-electron chi connectivity index (χ2n) is 7.50. The number of nitrogens with zero attached hydrogens (tertiary/aromatic N) is 1. The molecule has 0 fully saturated rings. The molecule has 0 radical (unpaired) electrons. The van der Waals surface area contributed by atoms with Crippen molar-refractivity contribution in [1.82, 2.24) is 0 Å². The van der Waals surface area contributed by atoms with Crippen LogP contribution in [0.5, 0.6) is 11.5 Å². The molecular formula is C24H22Br2N2O3. The van der Waals surface area contributed by atoms with E-state index in [1.807, 2.05) is 44.2 Å². The van der Waals surface area contributed by atoms with Crippen LogP contribution in [0.25, 0.3) is 0 Å². The van der Waals surface area contributed by atoms with Crippen molar-refractivity contribution in [3.63, 3.8) is 0 Å². The minimum absolute atomic E-state index is 0.0554. The normalized spacial score (nSPS) is 14.2. The quantitative estimate of drug-likeness (QED) is 0.301. The number of halogens is 2. The average Bonchev–Trinajstić information content (AvgIpc) is 2.76. The Morgan fingerprint density at radius 3 is 2.19 bits per heavy atom. The van der Waals surface area contributed by atoms with Crippen LogP contribution in [0.1, 0.15) is 33.0 Å². The third-order valence-electron chi connectivity index (χ3n) is 5.44. The minimum Gasteiger partial charge on any atom is -0.465 e. The molecule has 1 N–H and O–H groups in total. The Morgan fingerprint density at radius 1 is 1.00 bits per heavy atom. The van der Waals surface area contributed by atoms with E-state index in [9.17, 15) is 4.79 Å². The molecule has 160 valence electrons. The van der Waals surface area contributed by atoms with E-state index >= 15 is 0 Å². The second kappa shape index (κ2) is 8.55. The number of fused-ring (bicyclic) bond motifs is 2. The van der Waals surface area contributed by atoms with Gasteiger partial charge in [-0.25, -0.2) is 4.79 Å². The lowest BCUT2D eigenvalue weighted by Gasteiger charge is -2.31. The summed E-state index contributed by atoms with van der Waals surface area (Å²) in [6.07, 6.45) is 0. The molecule has 0 aliphatic carbocycles. The molecular weight excluding hydrogens is 524 g/mol. The van der Waals surface area contributed by atoms with Gasteiger partial charge in [0.05, 0.1) is 24.0 Å². The number of rotatable bonds is 4. The maximum Gasteiger partial charge on any atom is 0.337 e. The fraction of sp³-hybridized carbons (Fsp3) is 0.208. The Morgan fingerprint density at radius 2 is 1.61 bits per heavy atom. The van der Waals surface area contributed by atoms with Crippen LogP contribution in [0.4, 0.5) is 11.4 Å². The van der Waals surface area contributed by atoms with Crippen molar-refractivity contribution < 1.29 is 14.3 Å². The van der Waals surface area contributed by atoms with Gasteiger partial charge in [-0.2, -0.15) is 0 Å². The summed E-state index contributed by atoms with van der Waals surface area (Å²) in [6.45, 7) is 0. The molecule has 3 aromatic rings. The summed E-state index contributed by atoms with van der Waals surface area (Å²) in [5.74, 6) is 1.21. The number of ether oxygens (including phenoxy) is 2. The number of esters is 1. The van der Waals surface area contributed by atoms with E-state index in [1.165, 1.54) is 7.11 Å². The third-order valence-corrected chi connectivity index (χ3v) is 6.73. The predicted octanol–water partition coefficient (Wildman–Crippen LogP) is 6.39. The molecule has 0 aromatic heterocycles. The van der Waals surface area contributed by atoms with Crippen molar-refractivity contribution in [1.29, 1.82) is 0 Å². The molecule has 0 saturated heterocycles. The molecule has 0 amide bonds. The molecule has 1 aliphatic rings. The molecule has 31 heavy (non-hydrogen) atoms. The van der Waals surface area contributed by atoms with Crippen molar-refractivity contribution in [2.75, 3.05) is 38.5 Å². The molecule has 1 unspecified atom stereocenters. The smallest absolute Gasteiger partial charge is 0.337 e. The maximum atomic E-state index is 11.9. The van der Waals surface area contributed by atoms with Crippen molar-refractivity contribution in [2.45, 2.75) is 5.92 Å². The fourth-order valence-corrected chi connectivity index (χ4v) is 5.14. The zero-order chi connectivity index (χ0) is 22.3. The van der Waals surface area contributed by atoms with E-state index in [0.29, 0.717) is 5.56 Å². The van der Waals surface area contributed by atoms with Gasteiger partial charge in [0, 0.05) is 59.3 Å². The molecule has 1 aliphatic heterocycles. The van der Waals surface area contributed by atoms with Gasteiger partial charge < -0.3 is 19.7 Å². The summed E-state index contributed by atoms with van der Waals surface area (Å²) >= 11 is 7.38. The van der Waals surface area contributed by atoms with Crippen LogP contribution in [0.3, 0.4) is 0 Å². The first-order valence-corrected chi connectivity index (χ1v) is 11.3. The maximum absolute atomic E-state index is 11.9. The van der Waals surface area contributed by atoms with Gasteiger partial charge in [-0.15, -0.1) is 0 Å². The lowest BCUT2D eigenvalue weighted by Crippen LogP contribution is -2.15. The number of hydrogen-bond donors (Lipinski definition) is 1. The van der Waals surface area contributed by atoms with Crippen LogP contribution in [-0.2, 0) is 4.74 Å². The van der Waals surface area contributed by atoms with Crippen LogP contribution in [-0.4, -0.2) is 34.2 Å². The van der Waals surface area contributed by atoms with Gasteiger partial charge in [0.1, 0.15) is 11.5 Å². The molecule has 0 saturated carbocycles. The number of hydrogen-bond acceptors (Lipinski definition) is 5. The minimum atomic E-state index is -0.348. The van der Waals surface area contributed by atoms with Crippen molar-refractivity contribution in [3.8, 4) is 11.5 Å². The number of methoxy groups -OCH3 is 1. The van der Waals surface area contributed by atoms with Gasteiger partial charge in [-0.3, -0.25) is 0 Å². The van der Waals surface area contributed by atoms with Crippen LogP contribution in [0, 0.1) is 0 Å². The Hall–Kier alpha value is -2.51. The first-order chi connectivity index (χ1) is 14.8. The van der Waals surface area contributed by atoms with Crippen LogP contribution in [0.15, 0.2) is 57.5 Å². The van der Waals surface area contributed by atoms with Crippen molar-refractivity contribution in [2.24, 2.45) is 0 Å². The fourth-order valence-electron chi connectivity index (χ4n) is 3.86. The first-order valence-electron chi connectivity index (χ1n) is 9.72. The van der Waals surface area contributed by atoms with Crippen LogP contribution < -0.4 is 15.0 Å². The van der Waals surface area contributed by atoms with Gasteiger partial charge >= 0.3 is 5.97 Å². The molecule has 1 atom stereocenters. The van der Waals surface area contributed by atoms with Gasteiger partial charge in [0.25, 0.3) is 0 Å². The van der Waals surface area contributed by atoms with E-state index in [0.717, 1.165) is 48.5 Å². The highest BCUT2D eigenvalue weighted by Crippen LogP contribution is 2.51. The van der Waals surface area contributed by atoms with E-state index < -0.39 is 0 Å². The van der Waals surface area contributed by atoms with Gasteiger partial charge in [0.15, 0.2) is 0 Å². The number of carbonyl (C=O) groups is 1. The highest BCUT2D eigenvalue weighted by atomic mass is 79.9. The average molecular weight is 546 g/mol. The number of nitrogens with one attached hydrogen (secondary N) is 1. The van der Waals surface area contributed by atoms with E-state index in [1.54, 1.807) is 12.1 Å².